The molecular weight excluding hydrogens is 450 g/mol. The number of piperidine rings is 1. The van der Waals surface area contributed by atoms with Crippen molar-refractivity contribution in [2.45, 2.75) is 38.5 Å². The molecule has 1 atom stereocenters. The monoisotopic (exact) mass is 479 g/mol. The Kier molecular flexibility index (Phi) is 7.00. The van der Waals surface area contributed by atoms with E-state index in [1.54, 1.807) is 19.1 Å². The van der Waals surface area contributed by atoms with Crippen molar-refractivity contribution >= 4 is 33.8 Å². The molecule has 0 unspecified atom stereocenters. The van der Waals surface area contributed by atoms with Crippen LogP contribution in [0.5, 0.6) is 0 Å². The van der Waals surface area contributed by atoms with Crippen molar-refractivity contribution in [1.82, 2.24) is 9.46 Å². The van der Waals surface area contributed by atoms with E-state index in [2.05, 4.69) is 10.5 Å². The van der Waals surface area contributed by atoms with Gasteiger partial charge in [0.2, 0.25) is 15.9 Å². The average Bonchev–Trinajstić information content (AvgIpc) is 3.21. The minimum absolute atomic E-state index is 0.0510. The highest BCUT2D eigenvalue weighted by atomic mass is 32.2. The number of aryl methyl sites for hydroxylation is 3. The predicted octanol–water partition coefficient (Wildman–Crippen LogP) is 4.81. The third kappa shape index (κ3) is 5.13. The molecule has 1 aromatic heterocycles. The summed E-state index contributed by atoms with van der Waals surface area (Å²) in [7, 11) is -3.89. The smallest absolute Gasteiger partial charge is 0.248 e. The van der Waals surface area contributed by atoms with Gasteiger partial charge in [0, 0.05) is 18.8 Å². The Balaban J connectivity index is 1.53. The number of hydrogen-bond acceptors (Lipinski definition) is 5. The fraction of sp³-hybridized carbons (Fsp3) is 0.308. The molecule has 0 saturated carbocycles. The lowest BCUT2D eigenvalue weighted by Gasteiger charge is -2.31. The van der Waals surface area contributed by atoms with Crippen LogP contribution >= 0.6 is 0 Å². The highest BCUT2D eigenvalue weighted by Crippen LogP contribution is 2.30. The molecular formula is C26H29N3O4S. The molecule has 8 heteroatoms. The summed E-state index contributed by atoms with van der Waals surface area (Å²) >= 11 is 0. The van der Waals surface area contributed by atoms with Crippen molar-refractivity contribution in [3.8, 4) is 0 Å². The SMILES string of the molecule is Cc1ccc(NC(=O)[C@@H]2CCCN(S(=O)(=O)c3c(C)noc3/C=C/c3ccccc3)C2)c(C)c1. The number of anilines is 1. The number of hydrogen-bond donors (Lipinski definition) is 1. The van der Waals surface area contributed by atoms with Gasteiger partial charge < -0.3 is 9.84 Å². The average molecular weight is 480 g/mol. The summed E-state index contributed by atoms with van der Waals surface area (Å²) in [5.74, 6) is -0.422. The van der Waals surface area contributed by atoms with Crippen molar-refractivity contribution in [1.29, 1.82) is 0 Å². The van der Waals surface area contributed by atoms with Crippen LogP contribution in [0.1, 0.15) is 41.0 Å². The number of carbonyl (C=O) groups is 1. The van der Waals surface area contributed by atoms with E-state index in [4.69, 9.17) is 4.52 Å². The summed E-state index contributed by atoms with van der Waals surface area (Å²) in [6, 6.07) is 15.4. The highest BCUT2D eigenvalue weighted by molar-refractivity contribution is 7.89. The van der Waals surface area contributed by atoms with E-state index < -0.39 is 15.9 Å². The molecule has 7 nitrogen and oxygen atoms in total. The zero-order valence-corrected chi connectivity index (χ0v) is 20.4. The van der Waals surface area contributed by atoms with Gasteiger partial charge in [0.25, 0.3) is 0 Å². The molecule has 2 heterocycles. The lowest BCUT2D eigenvalue weighted by Crippen LogP contribution is -2.44. The summed E-state index contributed by atoms with van der Waals surface area (Å²) in [4.78, 5) is 13.0. The molecule has 0 radical (unpaired) electrons. The van der Waals surface area contributed by atoms with Crippen LogP contribution in [0, 0.1) is 26.7 Å². The third-order valence-electron chi connectivity index (χ3n) is 6.05. The molecule has 34 heavy (non-hydrogen) atoms. The summed E-state index contributed by atoms with van der Waals surface area (Å²) < 4.78 is 33.9. The van der Waals surface area contributed by atoms with Gasteiger partial charge in [-0.2, -0.15) is 4.31 Å². The van der Waals surface area contributed by atoms with Crippen LogP contribution in [0.4, 0.5) is 5.69 Å². The molecule has 0 bridgehead atoms. The van der Waals surface area contributed by atoms with Crippen LogP contribution in [0.3, 0.4) is 0 Å². The summed E-state index contributed by atoms with van der Waals surface area (Å²) in [6.45, 7) is 6.02. The van der Waals surface area contributed by atoms with Crippen molar-refractivity contribution in [3.63, 3.8) is 0 Å². The van der Waals surface area contributed by atoms with Crippen molar-refractivity contribution < 1.29 is 17.7 Å². The summed E-state index contributed by atoms with van der Waals surface area (Å²) in [5.41, 5.74) is 4.06. The van der Waals surface area contributed by atoms with Crippen LogP contribution in [-0.4, -0.2) is 36.9 Å². The first kappa shape index (κ1) is 23.9. The highest BCUT2D eigenvalue weighted by Gasteiger charge is 2.37. The van der Waals surface area contributed by atoms with Gasteiger partial charge in [-0.3, -0.25) is 4.79 Å². The molecule has 0 spiro atoms. The van der Waals surface area contributed by atoms with E-state index in [1.807, 2.05) is 62.4 Å². The van der Waals surface area contributed by atoms with E-state index in [0.29, 0.717) is 25.1 Å². The second-order valence-corrected chi connectivity index (χ2v) is 10.6. The molecule has 3 aromatic rings. The first-order valence-corrected chi connectivity index (χ1v) is 12.8. The van der Waals surface area contributed by atoms with Crippen LogP contribution in [0.15, 0.2) is 57.9 Å². The van der Waals surface area contributed by atoms with Crippen LogP contribution in [0.2, 0.25) is 0 Å². The maximum Gasteiger partial charge on any atom is 0.248 e. The Hall–Kier alpha value is -3.23. The van der Waals surface area contributed by atoms with Gasteiger partial charge in [0.1, 0.15) is 5.69 Å². The Morgan fingerprint density at radius 3 is 2.62 bits per heavy atom. The molecule has 1 aliphatic rings. The van der Waals surface area contributed by atoms with Gasteiger partial charge in [-0.15, -0.1) is 0 Å². The number of amides is 1. The largest absolute Gasteiger partial charge is 0.355 e. The zero-order valence-electron chi connectivity index (χ0n) is 19.6. The number of sulfonamides is 1. The fourth-order valence-corrected chi connectivity index (χ4v) is 6.00. The Labute approximate surface area is 200 Å². The molecule has 1 aliphatic heterocycles. The lowest BCUT2D eigenvalue weighted by atomic mass is 9.98. The summed E-state index contributed by atoms with van der Waals surface area (Å²) in [5, 5.41) is 6.88. The molecule has 0 aliphatic carbocycles. The third-order valence-corrected chi connectivity index (χ3v) is 8.08. The number of nitrogens with zero attached hydrogens (tertiary/aromatic N) is 2. The Morgan fingerprint density at radius 1 is 1.12 bits per heavy atom. The normalized spacial score (nSPS) is 17.2. The predicted molar refractivity (Wildman–Crippen MR) is 133 cm³/mol. The Morgan fingerprint density at radius 2 is 1.88 bits per heavy atom. The molecule has 2 aromatic carbocycles. The van der Waals surface area contributed by atoms with Gasteiger partial charge in [-0.05, 0) is 56.9 Å². The lowest BCUT2D eigenvalue weighted by molar-refractivity contribution is -0.120. The second kappa shape index (κ2) is 9.95. The maximum atomic E-state index is 13.6. The first-order valence-electron chi connectivity index (χ1n) is 11.3. The first-order chi connectivity index (χ1) is 16.3. The van der Waals surface area contributed by atoms with Crippen LogP contribution in [-0.2, 0) is 14.8 Å². The maximum absolute atomic E-state index is 13.6. The van der Waals surface area contributed by atoms with E-state index in [9.17, 15) is 13.2 Å². The van der Waals surface area contributed by atoms with Crippen molar-refractivity contribution in [2.75, 3.05) is 18.4 Å². The summed E-state index contributed by atoms with van der Waals surface area (Å²) in [6.07, 6.45) is 4.64. The minimum atomic E-state index is -3.89. The number of rotatable bonds is 6. The van der Waals surface area contributed by atoms with Gasteiger partial charge >= 0.3 is 0 Å². The van der Waals surface area contributed by atoms with Gasteiger partial charge in [0.05, 0.1) is 5.92 Å². The molecule has 1 saturated heterocycles. The molecule has 1 fully saturated rings. The number of nitrogens with one attached hydrogen (secondary N) is 1. The van der Waals surface area contributed by atoms with E-state index in [1.165, 1.54) is 4.31 Å². The second-order valence-electron chi connectivity index (χ2n) is 8.72. The number of carbonyl (C=O) groups excluding carboxylic acids is 1. The molecule has 1 amide bonds. The minimum Gasteiger partial charge on any atom is -0.355 e. The topological polar surface area (TPSA) is 92.5 Å². The van der Waals surface area contributed by atoms with Crippen LogP contribution in [0.25, 0.3) is 12.2 Å². The molecule has 178 valence electrons. The van der Waals surface area contributed by atoms with Gasteiger partial charge in [0.15, 0.2) is 10.7 Å². The molecule has 4 rings (SSSR count). The van der Waals surface area contributed by atoms with E-state index in [0.717, 1.165) is 22.4 Å². The quantitative estimate of drug-likeness (QED) is 0.548. The van der Waals surface area contributed by atoms with Crippen molar-refractivity contribution in [2.24, 2.45) is 5.92 Å². The van der Waals surface area contributed by atoms with Gasteiger partial charge in [-0.1, -0.05) is 59.3 Å². The van der Waals surface area contributed by atoms with Crippen molar-refractivity contribution in [3.05, 3.63) is 76.7 Å². The fourth-order valence-electron chi connectivity index (χ4n) is 4.23. The van der Waals surface area contributed by atoms with E-state index in [-0.39, 0.29) is 23.1 Å². The zero-order chi connectivity index (χ0) is 24.3. The molecule has 1 N–H and O–H groups in total. The van der Waals surface area contributed by atoms with Crippen LogP contribution < -0.4 is 5.32 Å². The van der Waals surface area contributed by atoms with E-state index >= 15 is 0 Å². The Bertz CT molecular complexity index is 1310. The number of benzene rings is 2. The number of aromatic nitrogens is 1. The standard InChI is InChI=1S/C26H29N3O4S/c1-18-11-13-23(19(2)16-18)27-26(30)22-10-7-15-29(17-22)34(31,32)25-20(3)28-33-24(25)14-12-21-8-5-4-6-9-21/h4-6,8-9,11-14,16,22H,7,10,15,17H2,1-3H3,(H,27,30)/b14-12+/t22-/m1/s1. The van der Waals surface area contributed by atoms with Gasteiger partial charge in [-0.25, -0.2) is 8.42 Å².